The van der Waals surface area contributed by atoms with Crippen LogP contribution >= 0.6 is 0 Å². The molecule has 1 aliphatic carbocycles. The highest BCUT2D eigenvalue weighted by atomic mass is 28.3. The third-order valence-corrected chi connectivity index (χ3v) is 8.69. The Bertz CT molecular complexity index is 1220. The number of rotatable bonds is 10. The molecule has 0 bridgehead atoms. The monoisotopic (exact) mass is 523 g/mol. The largest absolute Gasteiger partial charge is 0.391 e. The third kappa shape index (κ3) is 6.77. The lowest BCUT2D eigenvalue weighted by Gasteiger charge is -2.31. The van der Waals surface area contributed by atoms with Crippen LogP contribution in [0.4, 0.5) is 13.2 Å². The van der Waals surface area contributed by atoms with Crippen LogP contribution in [-0.4, -0.2) is 48.2 Å². The Hall–Kier alpha value is -2.17. The van der Waals surface area contributed by atoms with Crippen molar-refractivity contribution in [2.45, 2.75) is 76.7 Å². The van der Waals surface area contributed by atoms with E-state index in [2.05, 4.69) is 29.2 Å². The van der Waals surface area contributed by atoms with Gasteiger partial charge in [0, 0.05) is 57.4 Å². The molecule has 0 atom stereocenters. The molecule has 3 aromatic rings. The van der Waals surface area contributed by atoms with Crippen molar-refractivity contribution in [3.05, 3.63) is 40.9 Å². The first-order valence-corrected chi connectivity index (χ1v) is 16.4. The maximum absolute atomic E-state index is 12.7. The number of nitrogens with zero attached hydrogens (tertiary/aromatic N) is 3. The molecule has 3 aromatic heterocycles. The molecule has 4 rings (SSSR count). The highest BCUT2D eigenvalue weighted by Crippen LogP contribution is 2.35. The fourth-order valence-electron chi connectivity index (χ4n) is 4.87. The molecule has 0 amide bonds. The summed E-state index contributed by atoms with van der Waals surface area (Å²) in [6, 6.07) is 4.90. The summed E-state index contributed by atoms with van der Waals surface area (Å²) in [5.74, 6) is 0.260. The van der Waals surface area contributed by atoms with E-state index in [1.165, 1.54) is 0 Å². The Balaban J connectivity index is 1.47. The number of aromatic nitrogens is 3. The van der Waals surface area contributed by atoms with Gasteiger partial charge in [-0.1, -0.05) is 19.6 Å². The first kappa shape index (κ1) is 26.9. The maximum Gasteiger partial charge on any atom is 0.391 e. The van der Waals surface area contributed by atoms with Crippen LogP contribution in [-0.2, 0) is 16.2 Å². The fraction of sp³-hybridized carbons (Fsp3) is 0.615. The molecule has 3 heterocycles. The van der Waals surface area contributed by atoms with E-state index in [0.29, 0.717) is 18.7 Å². The Morgan fingerprint density at radius 3 is 2.47 bits per heavy atom. The van der Waals surface area contributed by atoms with E-state index in [1.54, 1.807) is 12.3 Å². The molecule has 0 saturated heterocycles. The van der Waals surface area contributed by atoms with Crippen LogP contribution in [0.15, 0.2) is 35.5 Å². The Morgan fingerprint density at radius 2 is 1.78 bits per heavy atom. The lowest BCUT2D eigenvalue weighted by atomic mass is 9.86. The number of alkyl halides is 3. The molecule has 36 heavy (non-hydrogen) atoms. The summed E-state index contributed by atoms with van der Waals surface area (Å²) in [6.45, 7) is 8.19. The van der Waals surface area contributed by atoms with E-state index in [4.69, 9.17) is 9.47 Å². The number of ether oxygens (including phenoxy) is 2. The minimum absolute atomic E-state index is 0.0541. The minimum atomic E-state index is -4.18. The van der Waals surface area contributed by atoms with Crippen molar-refractivity contribution in [3.8, 4) is 0 Å². The molecule has 6 nitrogen and oxygen atoms in total. The van der Waals surface area contributed by atoms with E-state index in [0.717, 1.165) is 54.9 Å². The zero-order valence-corrected chi connectivity index (χ0v) is 22.3. The predicted octanol–water partition coefficient (Wildman–Crippen LogP) is 6.36. The van der Waals surface area contributed by atoms with Gasteiger partial charge in [-0.15, -0.1) is 0 Å². The molecule has 1 fully saturated rings. The van der Waals surface area contributed by atoms with Crippen molar-refractivity contribution in [1.82, 2.24) is 14.1 Å². The average molecular weight is 524 g/mol. The average Bonchev–Trinajstić information content (AvgIpc) is 3.22. The number of halogens is 3. The Morgan fingerprint density at radius 1 is 1.03 bits per heavy atom. The maximum atomic E-state index is 12.7. The Kier molecular flexibility index (Phi) is 8.26. The predicted molar refractivity (Wildman–Crippen MR) is 138 cm³/mol. The number of pyridine rings is 2. The molecular weight excluding hydrogens is 487 g/mol. The molecule has 0 radical (unpaired) electrons. The standard InChI is InChI=1S/C26H36F3N3O3Si/c1-36(2,3)15-14-35-18-31-11-8-21-24-22(16-30-25(21)31)23(33)9-12-32(24)20-6-4-19(5-7-20)17-34-13-10-26(27,28)29/h8-9,11-12,16,19-20H,4-7,10,13-15,17-18H2,1-3H3. The summed E-state index contributed by atoms with van der Waals surface area (Å²) in [5.41, 5.74) is 1.63. The van der Waals surface area contributed by atoms with E-state index >= 15 is 0 Å². The van der Waals surface area contributed by atoms with Gasteiger partial charge in [0.1, 0.15) is 12.4 Å². The van der Waals surface area contributed by atoms with Crippen LogP contribution in [0.1, 0.15) is 38.1 Å². The summed E-state index contributed by atoms with van der Waals surface area (Å²) >= 11 is 0. The smallest absolute Gasteiger partial charge is 0.381 e. The second kappa shape index (κ2) is 11.1. The molecule has 198 valence electrons. The summed E-state index contributed by atoms with van der Waals surface area (Å²) in [5, 5.41) is 1.52. The van der Waals surface area contributed by atoms with Gasteiger partial charge in [0.25, 0.3) is 0 Å². The lowest BCUT2D eigenvalue weighted by Crippen LogP contribution is -2.23. The molecule has 10 heteroatoms. The summed E-state index contributed by atoms with van der Waals surface area (Å²) in [7, 11) is -1.17. The molecule has 0 N–H and O–H groups in total. The van der Waals surface area contributed by atoms with Crippen molar-refractivity contribution in [1.29, 1.82) is 0 Å². The van der Waals surface area contributed by atoms with Crippen molar-refractivity contribution in [3.63, 3.8) is 0 Å². The lowest BCUT2D eigenvalue weighted by molar-refractivity contribution is -0.146. The molecule has 0 aromatic carbocycles. The van der Waals surface area contributed by atoms with Gasteiger partial charge in [0.15, 0.2) is 5.43 Å². The molecular formula is C26H36F3N3O3Si. The van der Waals surface area contributed by atoms with Gasteiger partial charge in [0.05, 0.1) is 23.9 Å². The van der Waals surface area contributed by atoms with Gasteiger partial charge < -0.3 is 18.6 Å². The van der Waals surface area contributed by atoms with E-state index in [9.17, 15) is 18.0 Å². The van der Waals surface area contributed by atoms with Crippen LogP contribution in [0.5, 0.6) is 0 Å². The van der Waals surface area contributed by atoms with Gasteiger partial charge in [-0.25, -0.2) is 4.98 Å². The summed E-state index contributed by atoms with van der Waals surface area (Å²) in [6.07, 6.45) is 3.94. The SMILES string of the molecule is C[Si](C)(C)CCOCn1ccc2c1ncc1c(=O)ccn(C3CCC(COCCC(F)(F)F)CC3)c12. The van der Waals surface area contributed by atoms with Crippen LogP contribution < -0.4 is 5.43 Å². The topological polar surface area (TPSA) is 58.3 Å². The van der Waals surface area contributed by atoms with E-state index < -0.39 is 20.7 Å². The highest BCUT2D eigenvalue weighted by Gasteiger charge is 2.28. The zero-order valence-electron chi connectivity index (χ0n) is 21.3. The van der Waals surface area contributed by atoms with Gasteiger partial charge >= 0.3 is 6.18 Å². The van der Waals surface area contributed by atoms with E-state index in [-0.39, 0.29) is 24.0 Å². The molecule has 0 unspecified atom stereocenters. The Labute approximate surface area is 210 Å². The van der Waals surface area contributed by atoms with Crippen LogP contribution in [0.2, 0.25) is 25.7 Å². The second-order valence-electron chi connectivity index (χ2n) is 11.1. The number of hydrogen-bond acceptors (Lipinski definition) is 4. The van der Waals surface area contributed by atoms with Gasteiger partial charge in [-0.05, 0) is 43.7 Å². The molecule has 1 aliphatic rings. The van der Waals surface area contributed by atoms with Gasteiger partial charge in [-0.3, -0.25) is 4.79 Å². The van der Waals surface area contributed by atoms with Crippen molar-refractivity contribution in [2.75, 3.05) is 19.8 Å². The van der Waals surface area contributed by atoms with Crippen molar-refractivity contribution < 1.29 is 22.6 Å². The minimum Gasteiger partial charge on any atom is -0.381 e. The number of fused-ring (bicyclic) bond motifs is 3. The quantitative estimate of drug-likeness (QED) is 0.229. The number of hydrogen-bond donors (Lipinski definition) is 0. The first-order valence-electron chi connectivity index (χ1n) is 12.7. The van der Waals surface area contributed by atoms with Crippen LogP contribution in [0.25, 0.3) is 21.9 Å². The van der Waals surface area contributed by atoms with Crippen LogP contribution in [0, 0.1) is 5.92 Å². The zero-order chi connectivity index (χ0) is 25.9. The summed E-state index contributed by atoms with van der Waals surface area (Å²) in [4.78, 5) is 17.3. The highest BCUT2D eigenvalue weighted by molar-refractivity contribution is 6.76. The van der Waals surface area contributed by atoms with E-state index in [1.807, 2.05) is 23.0 Å². The normalized spacial score (nSPS) is 19.4. The summed E-state index contributed by atoms with van der Waals surface area (Å²) < 4.78 is 52.4. The van der Waals surface area contributed by atoms with Crippen LogP contribution in [0.3, 0.4) is 0 Å². The van der Waals surface area contributed by atoms with Crippen molar-refractivity contribution >= 4 is 30.0 Å². The second-order valence-corrected chi connectivity index (χ2v) is 16.7. The molecule has 0 spiro atoms. The first-order chi connectivity index (χ1) is 17.0. The molecule has 1 saturated carbocycles. The molecule has 0 aliphatic heterocycles. The van der Waals surface area contributed by atoms with Crippen molar-refractivity contribution in [2.24, 2.45) is 5.92 Å². The third-order valence-electron chi connectivity index (χ3n) is 6.99. The fourth-order valence-corrected chi connectivity index (χ4v) is 5.63. The van der Waals surface area contributed by atoms with Gasteiger partial charge in [-0.2, -0.15) is 13.2 Å². The van der Waals surface area contributed by atoms with Gasteiger partial charge in [0.2, 0.25) is 0 Å².